The van der Waals surface area contributed by atoms with E-state index in [9.17, 15) is 19.7 Å². The van der Waals surface area contributed by atoms with Crippen molar-refractivity contribution in [1.29, 1.82) is 0 Å². The quantitative estimate of drug-likeness (QED) is 0.0175. The van der Waals surface area contributed by atoms with Gasteiger partial charge in [0.05, 0.1) is 62.5 Å². The maximum absolute atomic E-state index is 15.6. The van der Waals surface area contributed by atoms with Crippen molar-refractivity contribution in [2.24, 2.45) is 20.5 Å². The van der Waals surface area contributed by atoms with Gasteiger partial charge in [-0.2, -0.15) is 10.2 Å². The summed E-state index contributed by atoms with van der Waals surface area (Å²) in [6, 6.07) is 25.5. The summed E-state index contributed by atoms with van der Waals surface area (Å²) in [4.78, 5) is 39.7. The van der Waals surface area contributed by atoms with Crippen molar-refractivity contribution in [3.63, 3.8) is 0 Å². The lowest BCUT2D eigenvalue weighted by molar-refractivity contribution is -0.384. The van der Waals surface area contributed by atoms with E-state index in [-0.39, 0.29) is 74.8 Å². The molecule has 0 aliphatic heterocycles. The lowest BCUT2D eigenvalue weighted by Crippen LogP contribution is -2.14. The van der Waals surface area contributed by atoms with Crippen molar-refractivity contribution in [3.05, 3.63) is 141 Å². The Morgan fingerprint density at radius 3 is 1.76 bits per heavy atom. The molecule has 0 aliphatic carbocycles. The molecule has 0 bridgehead atoms. The van der Waals surface area contributed by atoms with Crippen LogP contribution in [0.25, 0.3) is 12.2 Å². The first-order valence-electron chi connectivity index (χ1n) is 21.8. The van der Waals surface area contributed by atoms with Gasteiger partial charge in [-0.25, -0.2) is 14.0 Å². The predicted molar refractivity (Wildman–Crippen MR) is 265 cm³/mol. The summed E-state index contributed by atoms with van der Waals surface area (Å²) in [5.41, 5.74) is 2.74. The highest BCUT2D eigenvalue weighted by atomic mass is 19.1. The van der Waals surface area contributed by atoms with E-state index >= 15 is 4.39 Å². The van der Waals surface area contributed by atoms with Crippen molar-refractivity contribution >= 4 is 58.2 Å². The first kappa shape index (κ1) is 51.5. The number of benzene rings is 6. The van der Waals surface area contributed by atoms with Gasteiger partial charge >= 0.3 is 11.9 Å². The summed E-state index contributed by atoms with van der Waals surface area (Å²) < 4.78 is 61.0. The Bertz CT molecular complexity index is 2980. The number of hydrogen-bond donors (Lipinski definition) is 0. The van der Waals surface area contributed by atoms with E-state index in [1.54, 1.807) is 44.2 Å². The number of nitro groups is 1. The third-order valence-electron chi connectivity index (χ3n) is 10.0. The zero-order chi connectivity index (χ0) is 51.4. The van der Waals surface area contributed by atoms with Crippen molar-refractivity contribution in [1.82, 2.24) is 0 Å². The Labute approximate surface area is 409 Å². The van der Waals surface area contributed by atoms with Gasteiger partial charge in [0.15, 0.2) is 17.3 Å². The first-order valence-corrected chi connectivity index (χ1v) is 21.8. The molecule has 0 saturated carbocycles. The fourth-order valence-corrected chi connectivity index (χ4v) is 6.65. The van der Waals surface area contributed by atoms with Gasteiger partial charge in [0.25, 0.3) is 5.69 Å². The monoisotopic (exact) mass is 970 g/mol. The molecule has 19 heteroatoms. The van der Waals surface area contributed by atoms with Crippen LogP contribution in [0.4, 0.5) is 38.5 Å². The minimum Gasteiger partial charge on any atom is -0.496 e. The van der Waals surface area contributed by atoms with Crippen molar-refractivity contribution in [3.8, 4) is 46.0 Å². The fourth-order valence-electron chi connectivity index (χ4n) is 6.65. The smallest absolute Gasteiger partial charge is 0.347 e. The molecule has 71 heavy (non-hydrogen) atoms. The fraction of sp³-hybridized carbons (Fsp3) is 0.231. The minimum absolute atomic E-state index is 0.00909. The standard InChI is InChI=1S/C52H51FN6O12/c1-30(2)68-47-24-33(54-57-50-42(53)23-34(25-49(50)67-10)55-56-43-22-17-36(58(5)6)26-48(43)69-31(3)4)14-20-41(47)52(61)70-37-18-21-40(46(27-37)66-9)51(60)71-38-28-44(64-7)39(45(29-38)65-8)19-13-32-11-15-35(16-12-32)59(62)63/h11-31H,1-10H3/b19-13+,56-55?,57-54?. The maximum Gasteiger partial charge on any atom is 0.347 e. The van der Waals surface area contributed by atoms with Gasteiger partial charge in [-0.3, -0.25) is 10.1 Å². The summed E-state index contributed by atoms with van der Waals surface area (Å²) in [5.74, 6) is -0.945. The molecule has 18 nitrogen and oxygen atoms in total. The van der Waals surface area contributed by atoms with Crippen LogP contribution in [-0.4, -0.2) is 71.6 Å². The first-order chi connectivity index (χ1) is 34.0. The van der Waals surface area contributed by atoms with E-state index in [1.165, 1.54) is 95.2 Å². The van der Waals surface area contributed by atoms with E-state index < -0.39 is 22.7 Å². The highest BCUT2D eigenvalue weighted by Crippen LogP contribution is 2.40. The average molecular weight is 971 g/mol. The highest BCUT2D eigenvalue weighted by Gasteiger charge is 2.22. The molecule has 0 atom stereocenters. The number of ether oxygens (including phenoxy) is 8. The summed E-state index contributed by atoms with van der Waals surface area (Å²) in [6.07, 6.45) is 2.92. The summed E-state index contributed by atoms with van der Waals surface area (Å²) in [5, 5.41) is 27.9. The van der Waals surface area contributed by atoms with Gasteiger partial charge in [0.2, 0.25) is 0 Å². The van der Waals surface area contributed by atoms with Gasteiger partial charge in [-0.1, -0.05) is 6.08 Å². The Balaban J connectivity index is 1.17. The van der Waals surface area contributed by atoms with Crippen LogP contribution in [0.3, 0.4) is 0 Å². The van der Waals surface area contributed by atoms with Crippen molar-refractivity contribution in [2.45, 2.75) is 39.9 Å². The number of non-ortho nitro benzene ring substituents is 1. The number of halogens is 1. The van der Waals surface area contributed by atoms with Crippen molar-refractivity contribution < 1.29 is 56.8 Å². The number of carbonyl (C=O) groups excluding carboxylic acids is 2. The second-order valence-corrected chi connectivity index (χ2v) is 16.0. The van der Waals surface area contributed by atoms with Gasteiger partial charge in [-0.05, 0) is 87.9 Å². The van der Waals surface area contributed by atoms with Crippen LogP contribution in [0, 0.1) is 15.9 Å². The number of nitro benzene ring substituents is 1. The number of esters is 2. The number of rotatable bonds is 20. The zero-order valence-corrected chi connectivity index (χ0v) is 40.6. The summed E-state index contributed by atoms with van der Waals surface area (Å²) >= 11 is 0. The molecular formula is C52H51FN6O12. The third-order valence-corrected chi connectivity index (χ3v) is 10.0. The molecule has 0 amide bonds. The molecule has 0 heterocycles. The molecule has 6 aromatic carbocycles. The molecule has 0 N–H and O–H groups in total. The maximum atomic E-state index is 15.6. The molecular weight excluding hydrogens is 920 g/mol. The van der Waals surface area contributed by atoms with Crippen LogP contribution in [-0.2, 0) is 0 Å². The minimum atomic E-state index is -0.808. The molecule has 0 aromatic heterocycles. The van der Waals surface area contributed by atoms with E-state index in [0.717, 1.165) is 11.8 Å². The highest BCUT2D eigenvalue weighted by molar-refractivity contribution is 5.96. The van der Waals surface area contributed by atoms with Crippen molar-refractivity contribution in [2.75, 3.05) is 47.4 Å². The molecule has 0 saturated heterocycles. The molecule has 0 aliphatic rings. The lowest BCUT2D eigenvalue weighted by Gasteiger charge is -2.17. The SMILES string of the molecule is COc1cc(OC(=O)c2ccc(N=Nc3c(F)cc(N=Nc4ccc(N(C)C)cc4OC(C)C)cc3OC)cc2OC(C)C)ccc1C(=O)Oc1cc(OC)c(/C=C/c2ccc([N+](=O)[O-])cc2)c(OC)c1. The number of methoxy groups -OCH3 is 4. The van der Waals surface area contributed by atoms with E-state index in [2.05, 4.69) is 20.5 Å². The predicted octanol–water partition coefficient (Wildman–Crippen LogP) is 12.8. The van der Waals surface area contributed by atoms with Gasteiger partial charge in [0, 0.05) is 74.4 Å². The number of hydrogen-bond acceptors (Lipinski definition) is 17. The van der Waals surface area contributed by atoms with Crippen LogP contribution in [0.2, 0.25) is 0 Å². The Kier molecular flexibility index (Phi) is 17.0. The van der Waals surface area contributed by atoms with Gasteiger partial charge < -0.3 is 42.8 Å². The second kappa shape index (κ2) is 23.4. The van der Waals surface area contributed by atoms with E-state index in [4.69, 9.17) is 37.9 Å². The van der Waals surface area contributed by atoms with Crippen LogP contribution in [0.1, 0.15) is 59.5 Å². The number of anilines is 1. The third kappa shape index (κ3) is 13.2. The Morgan fingerprint density at radius 1 is 0.592 bits per heavy atom. The zero-order valence-electron chi connectivity index (χ0n) is 40.6. The Hall–Kier alpha value is -8.87. The number of azo groups is 2. The molecule has 0 fully saturated rings. The number of nitrogens with zero attached hydrogens (tertiary/aromatic N) is 6. The topological polar surface area (TPSA) is 204 Å². The van der Waals surface area contributed by atoms with Crippen LogP contribution in [0.15, 0.2) is 124 Å². The van der Waals surface area contributed by atoms with Gasteiger partial charge in [0.1, 0.15) is 57.1 Å². The summed E-state index contributed by atoms with van der Waals surface area (Å²) in [6.45, 7) is 7.34. The lowest BCUT2D eigenvalue weighted by atomic mass is 10.1. The average Bonchev–Trinajstić information content (AvgIpc) is 3.34. The normalized spacial score (nSPS) is 11.3. The number of carbonyl (C=O) groups is 2. The van der Waals surface area contributed by atoms with Crippen LogP contribution >= 0.6 is 0 Å². The van der Waals surface area contributed by atoms with Crippen LogP contribution in [0.5, 0.6) is 46.0 Å². The van der Waals surface area contributed by atoms with Gasteiger partial charge in [-0.15, -0.1) is 10.2 Å². The summed E-state index contributed by atoms with van der Waals surface area (Å²) in [7, 11) is 9.40. The molecule has 6 aromatic rings. The molecule has 6 rings (SSSR count). The van der Waals surface area contributed by atoms with E-state index in [0.29, 0.717) is 34.1 Å². The second-order valence-electron chi connectivity index (χ2n) is 16.0. The van der Waals surface area contributed by atoms with E-state index in [1.807, 2.05) is 45.0 Å². The molecule has 0 spiro atoms. The van der Waals surface area contributed by atoms with Crippen LogP contribution < -0.4 is 42.8 Å². The molecule has 368 valence electrons. The molecule has 0 radical (unpaired) electrons. The largest absolute Gasteiger partial charge is 0.496 e. The Morgan fingerprint density at radius 2 is 1.15 bits per heavy atom. The molecule has 0 unspecified atom stereocenters.